The Balaban J connectivity index is 2.65. The van der Waals surface area contributed by atoms with Gasteiger partial charge in [0.1, 0.15) is 30.3 Å². The Hall–Kier alpha value is 1.53. The van der Waals surface area contributed by atoms with E-state index >= 15 is 0 Å². The quantitative estimate of drug-likeness (QED) is 0.338. The van der Waals surface area contributed by atoms with Gasteiger partial charge in [-0.1, -0.05) is 0 Å². The summed E-state index contributed by atoms with van der Waals surface area (Å²) >= 11 is 0. The summed E-state index contributed by atoms with van der Waals surface area (Å²) in [7, 11) is 3.36. The van der Waals surface area contributed by atoms with E-state index in [0.29, 0.717) is 0 Å². The lowest BCUT2D eigenvalue weighted by molar-refractivity contribution is 0.511. The minimum Gasteiger partial charge on any atom is -0.470 e. The Kier molecular flexibility index (Phi) is 12.1. The van der Waals surface area contributed by atoms with Crippen LogP contribution in [0.1, 0.15) is 0 Å². The third kappa shape index (κ3) is 9.53. The van der Waals surface area contributed by atoms with Crippen molar-refractivity contribution < 1.29 is 12.3 Å². The molecule has 0 saturated heterocycles. The molecule has 0 rings (SSSR count). The van der Waals surface area contributed by atoms with Crippen LogP contribution in [-0.2, 0) is 12.3 Å². The van der Waals surface area contributed by atoms with E-state index < -0.39 is 10.0 Å². The summed E-state index contributed by atoms with van der Waals surface area (Å²) in [6, 6.07) is 0. The summed E-state index contributed by atoms with van der Waals surface area (Å²) in [4.78, 5) is 0. The van der Waals surface area contributed by atoms with Gasteiger partial charge in [0.2, 0.25) is 8.91 Å². The molecule has 0 amide bonds. The first-order valence-corrected chi connectivity index (χ1v) is 15.6. The maximum Gasteiger partial charge on any atom is 0.283 e. The maximum atomic E-state index is 5.40. The van der Waals surface area contributed by atoms with Crippen LogP contribution in [0.3, 0.4) is 0 Å². The lowest BCUT2D eigenvalue weighted by Gasteiger charge is -2.00. The number of hydrogen-bond donors (Lipinski definition) is 0. The summed E-state index contributed by atoms with van der Waals surface area (Å²) in [5, 5.41) is 0. The van der Waals surface area contributed by atoms with Crippen molar-refractivity contribution in [3.8, 4) is 0 Å². The molecule has 0 spiro atoms. The van der Waals surface area contributed by atoms with Crippen molar-refractivity contribution in [3.63, 3.8) is 0 Å². The molecule has 0 heterocycles. The predicted molar refractivity (Wildman–Crippen MR) is 64.9 cm³/mol. The second-order valence-corrected chi connectivity index (χ2v) is 21.3. The molecule has 0 atom stereocenters. The van der Waals surface area contributed by atoms with E-state index in [1.54, 1.807) is 0 Å². The summed E-state index contributed by atoms with van der Waals surface area (Å²) in [5.41, 5.74) is 0. The highest BCUT2D eigenvalue weighted by atomic mass is 32.5. The van der Waals surface area contributed by atoms with Crippen molar-refractivity contribution in [2.75, 3.05) is 0 Å². The molecule has 0 aliphatic rings. The van der Waals surface area contributed by atoms with Crippen LogP contribution in [0.15, 0.2) is 0 Å². The first-order chi connectivity index (χ1) is 4.91. The highest BCUT2D eigenvalue weighted by Crippen LogP contribution is 1.90. The molecule has 0 radical (unpaired) electrons. The topological polar surface area (TPSA) is 27.7 Å². The SMILES string of the molecule is [SiH3]O[SiH2]O[SiH2]S[SiH2][SiH2]O[SiH3]. The molecule has 0 aromatic rings. The molecule has 0 bridgehead atoms. The molecule has 0 aromatic carbocycles. The van der Waals surface area contributed by atoms with E-state index in [2.05, 4.69) is 10.7 Å². The van der Waals surface area contributed by atoms with Crippen LogP contribution in [0.2, 0.25) is 0 Å². The van der Waals surface area contributed by atoms with E-state index in [1.165, 1.54) is 0 Å². The average molecular weight is 263 g/mol. The van der Waals surface area contributed by atoms with Crippen molar-refractivity contribution in [2.45, 2.75) is 0 Å². The van der Waals surface area contributed by atoms with Crippen LogP contribution in [0.5, 0.6) is 0 Å². The molecule has 0 saturated carbocycles. The molecule has 0 aliphatic heterocycles. The summed E-state index contributed by atoms with van der Waals surface area (Å²) in [6.07, 6.45) is 0. The fourth-order valence-electron chi connectivity index (χ4n) is 0.377. The molecular formula is H14O3SSi6. The van der Waals surface area contributed by atoms with Crippen molar-refractivity contribution in [2.24, 2.45) is 0 Å². The zero-order valence-corrected chi connectivity index (χ0v) is 16.9. The van der Waals surface area contributed by atoms with Crippen LogP contribution >= 0.6 is 10.7 Å². The zero-order valence-electron chi connectivity index (χ0n) is 6.46. The Bertz CT molecular complexity index is 53.0. The fourth-order valence-corrected chi connectivity index (χ4v) is 24.2. The lowest BCUT2D eigenvalue weighted by atomic mass is 15.8. The molecule has 0 fully saturated rings. The Morgan fingerprint density at radius 2 is 2.00 bits per heavy atom. The van der Waals surface area contributed by atoms with Gasteiger partial charge in [-0.2, -0.15) is 10.7 Å². The second kappa shape index (κ2) is 10.5. The van der Waals surface area contributed by atoms with Gasteiger partial charge in [0.25, 0.3) is 10.0 Å². The van der Waals surface area contributed by atoms with Gasteiger partial charge >= 0.3 is 0 Å². The Labute approximate surface area is 80.3 Å². The first kappa shape index (κ1) is 11.5. The molecule has 0 aliphatic carbocycles. The monoisotopic (exact) mass is 262 g/mol. The normalized spacial score (nSPS) is 15.6. The van der Waals surface area contributed by atoms with Crippen LogP contribution in [0, 0.1) is 0 Å². The van der Waals surface area contributed by atoms with Crippen LogP contribution in [0.4, 0.5) is 0 Å². The third-order valence-electron chi connectivity index (χ3n) is 0.800. The predicted octanol–water partition coefficient (Wildman–Crippen LogP) is -5.59. The summed E-state index contributed by atoms with van der Waals surface area (Å²) < 4.78 is 15.6. The molecular weight excluding hydrogens is 249 g/mol. The van der Waals surface area contributed by atoms with Crippen LogP contribution in [-0.4, -0.2) is 57.4 Å². The van der Waals surface area contributed by atoms with Gasteiger partial charge in [-0.05, 0) is 0 Å². The minimum absolute atomic E-state index is 0.0110. The Morgan fingerprint density at radius 1 is 1.20 bits per heavy atom. The van der Waals surface area contributed by atoms with Gasteiger partial charge in [0.15, 0.2) is 0 Å². The van der Waals surface area contributed by atoms with E-state index in [0.717, 1.165) is 21.0 Å². The highest BCUT2D eigenvalue weighted by molar-refractivity contribution is 8.43. The number of rotatable bonds is 7. The molecule has 0 unspecified atom stereocenters. The summed E-state index contributed by atoms with van der Waals surface area (Å²) in [6.45, 7) is 0. The van der Waals surface area contributed by atoms with Gasteiger partial charge in [-0.15, -0.1) is 0 Å². The molecule has 62 valence electrons. The van der Waals surface area contributed by atoms with Crippen LogP contribution < -0.4 is 0 Å². The maximum absolute atomic E-state index is 5.40. The van der Waals surface area contributed by atoms with E-state index in [9.17, 15) is 0 Å². The lowest BCUT2D eigenvalue weighted by Crippen LogP contribution is -2.09. The first-order valence-electron chi connectivity index (χ1n) is 3.05. The molecule has 10 heavy (non-hydrogen) atoms. The van der Waals surface area contributed by atoms with Gasteiger partial charge in [-0.3, -0.25) is 0 Å². The number of hydrogen-bond acceptors (Lipinski definition) is 4. The van der Waals surface area contributed by atoms with E-state index in [4.69, 9.17) is 12.3 Å². The van der Waals surface area contributed by atoms with Crippen molar-refractivity contribution >= 4 is 68.0 Å². The summed E-state index contributed by atoms with van der Waals surface area (Å²) in [5.74, 6) is 0. The highest BCUT2D eigenvalue weighted by Gasteiger charge is 1.90. The molecule has 10 heteroatoms. The van der Waals surface area contributed by atoms with Gasteiger partial charge in [0.05, 0.1) is 8.19 Å². The van der Waals surface area contributed by atoms with E-state index in [-0.39, 0.29) is 26.4 Å². The molecule has 3 nitrogen and oxygen atoms in total. The Morgan fingerprint density at radius 3 is 2.60 bits per heavy atom. The van der Waals surface area contributed by atoms with Gasteiger partial charge in [-0.25, -0.2) is 0 Å². The van der Waals surface area contributed by atoms with Crippen molar-refractivity contribution in [1.82, 2.24) is 0 Å². The zero-order chi connectivity index (χ0) is 7.66. The second-order valence-electron chi connectivity index (χ2n) is 1.63. The van der Waals surface area contributed by atoms with Crippen molar-refractivity contribution in [1.29, 1.82) is 0 Å². The standard InChI is InChI=1S/H14O3SSi6/c5-1-7-3-8-4-10-9-2-6/h7-10H2,5-6H3. The molecule has 0 N–H and O–H groups in total. The van der Waals surface area contributed by atoms with Crippen LogP contribution in [0.25, 0.3) is 0 Å². The minimum atomic E-state index is -0.504. The largest absolute Gasteiger partial charge is 0.470 e. The fraction of sp³-hybridized carbons (Fsp3) is 0. The third-order valence-corrected chi connectivity index (χ3v) is 25.8. The molecule has 0 aromatic heterocycles. The van der Waals surface area contributed by atoms with E-state index in [1.807, 2.05) is 0 Å². The average Bonchev–Trinajstić information content (AvgIpc) is 1.97. The van der Waals surface area contributed by atoms with Gasteiger partial charge in [0, 0.05) is 0 Å². The smallest absolute Gasteiger partial charge is 0.283 e. The van der Waals surface area contributed by atoms with Gasteiger partial charge < -0.3 is 12.3 Å². The van der Waals surface area contributed by atoms with Crippen molar-refractivity contribution in [3.05, 3.63) is 0 Å².